The van der Waals surface area contributed by atoms with E-state index in [-0.39, 0.29) is 4.90 Å². The quantitative estimate of drug-likeness (QED) is 0.628. The van der Waals surface area contributed by atoms with Crippen LogP contribution < -0.4 is 4.74 Å². The first-order valence-corrected chi connectivity index (χ1v) is 8.27. The zero-order valence-corrected chi connectivity index (χ0v) is 13.9. The van der Waals surface area contributed by atoms with Gasteiger partial charge in [-0.2, -0.15) is 8.42 Å². The zero-order valence-electron chi connectivity index (χ0n) is 10.9. The van der Waals surface area contributed by atoms with Crippen molar-refractivity contribution < 1.29 is 17.7 Å². The Labute approximate surface area is 131 Å². The molecule has 0 saturated heterocycles. The molecule has 4 nitrogen and oxygen atoms in total. The molecule has 0 aliphatic heterocycles. The van der Waals surface area contributed by atoms with Gasteiger partial charge in [0.1, 0.15) is 10.6 Å². The summed E-state index contributed by atoms with van der Waals surface area (Å²) in [6, 6.07) is 10.1. The minimum atomic E-state index is -4.27. The molecule has 0 aliphatic carbocycles. The average molecular weight is 404 g/mol. The Hall–Kier alpha value is -1.12. The van der Waals surface area contributed by atoms with Gasteiger partial charge in [-0.3, -0.25) is 4.55 Å². The van der Waals surface area contributed by atoms with Crippen LogP contribution >= 0.6 is 22.6 Å². The van der Waals surface area contributed by atoms with Gasteiger partial charge in [-0.05, 0) is 58.8 Å². The third-order valence-corrected chi connectivity index (χ3v) is 5.24. The minimum Gasteiger partial charge on any atom is -0.497 e. The van der Waals surface area contributed by atoms with Crippen molar-refractivity contribution in [3.05, 3.63) is 45.5 Å². The molecule has 0 aliphatic rings. The summed E-state index contributed by atoms with van der Waals surface area (Å²) in [6.45, 7) is 1.89. The molecule has 2 aromatic carbocycles. The third-order valence-electron chi connectivity index (χ3n) is 2.95. The highest BCUT2D eigenvalue weighted by molar-refractivity contribution is 14.1. The van der Waals surface area contributed by atoms with Gasteiger partial charge in [0.25, 0.3) is 10.1 Å². The van der Waals surface area contributed by atoms with E-state index < -0.39 is 10.1 Å². The molecule has 1 N–H and O–H groups in total. The smallest absolute Gasteiger partial charge is 0.295 e. The lowest BCUT2D eigenvalue weighted by molar-refractivity contribution is 0.415. The van der Waals surface area contributed by atoms with Gasteiger partial charge in [0.05, 0.1) is 7.11 Å². The average Bonchev–Trinajstić information content (AvgIpc) is 2.40. The molecule has 106 valence electrons. The van der Waals surface area contributed by atoms with Crippen LogP contribution in [0.25, 0.3) is 11.1 Å². The standard InChI is InChI=1S/C14H13IO4S/c1-9-3-8-12(20(16,17)18)13(14(9)15)10-4-6-11(19-2)7-5-10/h3-8H,1-2H3,(H,16,17,18). The second-order valence-electron chi connectivity index (χ2n) is 4.27. The van der Waals surface area contributed by atoms with E-state index in [1.54, 1.807) is 37.4 Å². The summed E-state index contributed by atoms with van der Waals surface area (Å²) in [7, 11) is -2.71. The highest BCUT2D eigenvalue weighted by Crippen LogP contribution is 2.34. The fourth-order valence-electron chi connectivity index (χ4n) is 1.90. The number of rotatable bonds is 3. The minimum absolute atomic E-state index is 0.0855. The van der Waals surface area contributed by atoms with Gasteiger partial charge >= 0.3 is 0 Å². The Balaban J connectivity index is 2.73. The van der Waals surface area contributed by atoms with Crippen LogP contribution in [-0.4, -0.2) is 20.1 Å². The summed E-state index contributed by atoms with van der Waals surface area (Å²) >= 11 is 2.09. The molecule has 2 aromatic rings. The highest BCUT2D eigenvalue weighted by Gasteiger charge is 2.20. The second-order valence-corrected chi connectivity index (χ2v) is 6.74. The number of aryl methyl sites for hydroxylation is 1. The number of hydrogen-bond acceptors (Lipinski definition) is 3. The lowest BCUT2D eigenvalue weighted by atomic mass is 10.0. The Morgan fingerprint density at radius 2 is 1.70 bits per heavy atom. The van der Waals surface area contributed by atoms with Gasteiger partial charge in [0, 0.05) is 9.13 Å². The largest absolute Gasteiger partial charge is 0.497 e. The zero-order chi connectivity index (χ0) is 14.9. The van der Waals surface area contributed by atoms with E-state index in [9.17, 15) is 13.0 Å². The Kier molecular flexibility index (Phi) is 4.36. The first-order valence-electron chi connectivity index (χ1n) is 5.75. The predicted octanol–water partition coefficient (Wildman–Crippen LogP) is 3.52. The molecular formula is C14H13IO4S. The van der Waals surface area contributed by atoms with Crippen molar-refractivity contribution in [2.45, 2.75) is 11.8 Å². The molecule has 0 fully saturated rings. The van der Waals surface area contributed by atoms with Crippen LogP contribution in [0.1, 0.15) is 5.56 Å². The molecule has 6 heteroatoms. The van der Waals surface area contributed by atoms with Gasteiger partial charge < -0.3 is 4.74 Å². The summed E-state index contributed by atoms with van der Waals surface area (Å²) in [5.74, 6) is 0.685. The second kappa shape index (κ2) is 5.71. The number of benzene rings is 2. The Morgan fingerprint density at radius 1 is 1.10 bits per heavy atom. The normalized spacial score (nSPS) is 11.4. The van der Waals surface area contributed by atoms with Crippen LogP contribution in [0, 0.1) is 10.5 Å². The van der Waals surface area contributed by atoms with Crippen molar-refractivity contribution in [3.63, 3.8) is 0 Å². The van der Waals surface area contributed by atoms with Gasteiger partial charge in [-0.15, -0.1) is 0 Å². The molecule has 20 heavy (non-hydrogen) atoms. The van der Waals surface area contributed by atoms with E-state index in [1.807, 2.05) is 6.92 Å². The van der Waals surface area contributed by atoms with Crippen LogP contribution in [0.4, 0.5) is 0 Å². The fraction of sp³-hybridized carbons (Fsp3) is 0.143. The topological polar surface area (TPSA) is 63.6 Å². The van der Waals surface area contributed by atoms with E-state index in [0.717, 1.165) is 9.13 Å². The maximum atomic E-state index is 11.5. The van der Waals surface area contributed by atoms with Crippen molar-refractivity contribution in [1.82, 2.24) is 0 Å². The first-order chi connectivity index (χ1) is 9.34. The van der Waals surface area contributed by atoms with Crippen LogP contribution in [0.15, 0.2) is 41.3 Å². The molecule has 2 rings (SSSR count). The summed E-state index contributed by atoms with van der Waals surface area (Å²) < 4.78 is 38.4. The van der Waals surface area contributed by atoms with Crippen molar-refractivity contribution in [1.29, 1.82) is 0 Å². The van der Waals surface area contributed by atoms with Gasteiger partial charge in [0.2, 0.25) is 0 Å². The molecule has 0 heterocycles. The maximum Gasteiger partial charge on any atom is 0.295 e. The Morgan fingerprint density at radius 3 is 2.20 bits per heavy atom. The molecule has 0 amide bonds. The van der Waals surface area contributed by atoms with Gasteiger partial charge in [-0.25, -0.2) is 0 Å². The lowest BCUT2D eigenvalue weighted by Gasteiger charge is -2.12. The molecular weight excluding hydrogens is 391 g/mol. The summed E-state index contributed by atoms with van der Waals surface area (Å²) in [4.78, 5) is -0.0855. The van der Waals surface area contributed by atoms with Crippen molar-refractivity contribution in [2.75, 3.05) is 7.11 Å². The van der Waals surface area contributed by atoms with Crippen molar-refractivity contribution in [2.24, 2.45) is 0 Å². The predicted molar refractivity (Wildman–Crippen MR) is 85.7 cm³/mol. The monoisotopic (exact) mass is 404 g/mol. The van der Waals surface area contributed by atoms with Crippen molar-refractivity contribution >= 4 is 32.7 Å². The SMILES string of the molecule is COc1ccc(-c2c(S(=O)(=O)O)ccc(C)c2I)cc1. The molecule has 0 radical (unpaired) electrons. The number of methoxy groups -OCH3 is 1. The maximum absolute atomic E-state index is 11.5. The lowest BCUT2D eigenvalue weighted by Crippen LogP contribution is -2.03. The van der Waals surface area contributed by atoms with Gasteiger partial charge in [-0.1, -0.05) is 18.2 Å². The summed E-state index contributed by atoms with van der Waals surface area (Å²) in [5.41, 5.74) is 2.17. The van der Waals surface area contributed by atoms with E-state index in [2.05, 4.69) is 22.6 Å². The van der Waals surface area contributed by atoms with E-state index in [4.69, 9.17) is 4.74 Å². The van der Waals surface area contributed by atoms with Crippen LogP contribution in [0.2, 0.25) is 0 Å². The molecule has 0 bridgehead atoms. The Bertz CT molecular complexity index is 737. The molecule has 0 aromatic heterocycles. The number of hydrogen-bond donors (Lipinski definition) is 1. The molecule has 0 saturated carbocycles. The van der Waals surface area contributed by atoms with Crippen LogP contribution in [0.3, 0.4) is 0 Å². The highest BCUT2D eigenvalue weighted by atomic mass is 127. The molecule has 0 atom stereocenters. The summed E-state index contributed by atoms with van der Waals surface area (Å²) in [5, 5.41) is 0. The van der Waals surface area contributed by atoms with Crippen molar-refractivity contribution in [3.8, 4) is 16.9 Å². The first kappa shape index (κ1) is 15.3. The van der Waals surface area contributed by atoms with Crippen LogP contribution in [0.5, 0.6) is 5.75 Å². The number of ether oxygens (including phenoxy) is 1. The van der Waals surface area contributed by atoms with E-state index >= 15 is 0 Å². The molecule has 0 unspecified atom stereocenters. The van der Waals surface area contributed by atoms with E-state index in [1.165, 1.54) is 6.07 Å². The molecule has 0 spiro atoms. The fourth-order valence-corrected chi connectivity index (χ4v) is 3.59. The van der Waals surface area contributed by atoms with Gasteiger partial charge in [0.15, 0.2) is 0 Å². The third kappa shape index (κ3) is 2.97. The number of halogens is 1. The van der Waals surface area contributed by atoms with Crippen LogP contribution in [-0.2, 0) is 10.1 Å². The van der Waals surface area contributed by atoms with E-state index in [0.29, 0.717) is 16.9 Å². The summed E-state index contributed by atoms with van der Waals surface area (Å²) in [6.07, 6.45) is 0.